The van der Waals surface area contributed by atoms with Crippen LogP contribution in [0, 0.1) is 0 Å². The van der Waals surface area contributed by atoms with Crippen LogP contribution in [0.1, 0.15) is 19.3 Å². The van der Waals surface area contributed by atoms with Gasteiger partial charge in [-0.05, 0) is 26.3 Å². The Balaban J connectivity index is 1.57. The average molecular weight is 258 g/mol. The van der Waals surface area contributed by atoms with Crippen LogP contribution in [0.3, 0.4) is 0 Å². The van der Waals surface area contributed by atoms with E-state index in [0.717, 1.165) is 52.4 Å². The van der Waals surface area contributed by atoms with Gasteiger partial charge < -0.3 is 19.5 Å². The van der Waals surface area contributed by atoms with E-state index in [0.29, 0.717) is 6.10 Å². The highest BCUT2D eigenvalue weighted by molar-refractivity contribution is 4.72. The first kappa shape index (κ1) is 14.2. The van der Waals surface area contributed by atoms with Crippen LogP contribution in [0.2, 0.25) is 0 Å². The standard InChI is InChI=1S/C13H26N2O3/c1-14-10-12-11-15(5-8-16-12)6-9-18-13-4-2-3-7-17-13/h12-14H,2-11H2,1H3. The molecule has 5 heteroatoms. The summed E-state index contributed by atoms with van der Waals surface area (Å²) in [6.07, 6.45) is 3.80. The van der Waals surface area contributed by atoms with Crippen LogP contribution < -0.4 is 5.32 Å². The molecule has 0 amide bonds. The number of hydrogen-bond donors (Lipinski definition) is 1. The van der Waals surface area contributed by atoms with Crippen molar-refractivity contribution < 1.29 is 14.2 Å². The van der Waals surface area contributed by atoms with Crippen molar-refractivity contribution in [3.63, 3.8) is 0 Å². The van der Waals surface area contributed by atoms with E-state index < -0.39 is 0 Å². The Labute approximate surface area is 110 Å². The molecule has 1 N–H and O–H groups in total. The van der Waals surface area contributed by atoms with E-state index in [9.17, 15) is 0 Å². The summed E-state index contributed by atoms with van der Waals surface area (Å²) in [6.45, 7) is 6.34. The molecular weight excluding hydrogens is 232 g/mol. The fourth-order valence-corrected chi connectivity index (χ4v) is 2.49. The number of nitrogens with one attached hydrogen (secondary N) is 1. The van der Waals surface area contributed by atoms with E-state index in [1.165, 1.54) is 12.8 Å². The van der Waals surface area contributed by atoms with Gasteiger partial charge in [-0.1, -0.05) is 0 Å². The molecule has 5 nitrogen and oxygen atoms in total. The summed E-state index contributed by atoms with van der Waals surface area (Å²) in [4.78, 5) is 2.41. The third-order valence-corrected chi connectivity index (χ3v) is 3.50. The molecule has 2 fully saturated rings. The highest BCUT2D eigenvalue weighted by atomic mass is 16.7. The van der Waals surface area contributed by atoms with E-state index >= 15 is 0 Å². The Kier molecular flexibility index (Phi) is 6.37. The van der Waals surface area contributed by atoms with Crippen LogP contribution in [-0.4, -0.2) is 70.3 Å². The maximum Gasteiger partial charge on any atom is 0.157 e. The predicted molar refractivity (Wildman–Crippen MR) is 69.6 cm³/mol. The minimum absolute atomic E-state index is 0.0351. The molecule has 0 aliphatic carbocycles. The second-order valence-electron chi connectivity index (χ2n) is 5.02. The Morgan fingerprint density at radius 3 is 3.00 bits per heavy atom. The predicted octanol–water partition coefficient (Wildman–Crippen LogP) is 0.450. The average Bonchev–Trinajstić information content (AvgIpc) is 2.41. The van der Waals surface area contributed by atoms with Crippen LogP contribution in [0.5, 0.6) is 0 Å². The molecule has 2 atom stereocenters. The molecule has 0 spiro atoms. The van der Waals surface area contributed by atoms with Crippen molar-refractivity contribution in [2.45, 2.75) is 31.7 Å². The van der Waals surface area contributed by atoms with Gasteiger partial charge in [0.25, 0.3) is 0 Å². The molecular formula is C13H26N2O3. The van der Waals surface area contributed by atoms with Crippen LogP contribution in [0.25, 0.3) is 0 Å². The molecule has 0 saturated carbocycles. The van der Waals surface area contributed by atoms with E-state index in [4.69, 9.17) is 14.2 Å². The molecule has 2 rings (SSSR count). The number of rotatable bonds is 6. The lowest BCUT2D eigenvalue weighted by Crippen LogP contribution is -2.47. The summed E-state index contributed by atoms with van der Waals surface area (Å²) in [5.74, 6) is 0. The van der Waals surface area contributed by atoms with Gasteiger partial charge in [-0.3, -0.25) is 4.90 Å². The lowest BCUT2D eigenvalue weighted by molar-refractivity contribution is -0.166. The van der Waals surface area contributed by atoms with Crippen molar-refractivity contribution in [3.8, 4) is 0 Å². The molecule has 0 aromatic heterocycles. The van der Waals surface area contributed by atoms with Crippen LogP contribution >= 0.6 is 0 Å². The minimum Gasteiger partial charge on any atom is -0.374 e. The van der Waals surface area contributed by atoms with Crippen molar-refractivity contribution in [2.24, 2.45) is 0 Å². The summed E-state index contributed by atoms with van der Waals surface area (Å²) < 4.78 is 17.0. The minimum atomic E-state index is 0.0351. The zero-order valence-corrected chi connectivity index (χ0v) is 11.4. The van der Waals surface area contributed by atoms with Gasteiger partial charge in [-0.25, -0.2) is 0 Å². The van der Waals surface area contributed by atoms with E-state index in [-0.39, 0.29) is 6.29 Å². The zero-order valence-electron chi connectivity index (χ0n) is 11.4. The third-order valence-electron chi connectivity index (χ3n) is 3.50. The zero-order chi connectivity index (χ0) is 12.6. The number of ether oxygens (including phenoxy) is 3. The largest absolute Gasteiger partial charge is 0.374 e. The Morgan fingerprint density at radius 1 is 1.28 bits per heavy atom. The summed E-state index contributed by atoms with van der Waals surface area (Å²) in [7, 11) is 1.96. The first-order valence-electron chi connectivity index (χ1n) is 7.10. The fraction of sp³-hybridized carbons (Fsp3) is 1.00. The number of likely N-dealkylation sites (N-methyl/N-ethyl adjacent to an activating group) is 1. The molecule has 2 aliphatic heterocycles. The van der Waals surface area contributed by atoms with E-state index in [1.54, 1.807) is 0 Å². The second-order valence-corrected chi connectivity index (χ2v) is 5.02. The highest BCUT2D eigenvalue weighted by Crippen LogP contribution is 2.13. The van der Waals surface area contributed by atoms with Gasteiger partial charge in [-0.2, -0.15) is 0 Å². The summed E-state index contributed by atoms with van der Waals surface area (Å²) >= 11 is 0. The Bertz CT molecular complexity index is 220. The van der Waals surface area contributed by atoms with Gasteiger partial charge in [0.15, 0.2) is 6.29 Å². The third kappa shape index (κ3) is 4.82. The molecule has 18 heavy (non-hydrogen) atoms. The van der Waals surface area contributed by atoms with Gasteiger partial charge in [0.2, 0.25) is 0 Å². The summed E-state index contributed by atoms with van der Waals surface area (Å²) in [5, 5.41) is 3.16. The maximum atomic E-state index is 5.76. The SMILES string of the molecule is CNCC1CN(CCOC2CCCCO2)CCO1. The van der Waals surface area contributed by atoms with Gasteiger partial charge in [-0.15, -0.1) is 0 Å². The Hall–Kier alpha value is -0.200. The van der Waals surface area contributed by atoms with Gasteiger partial charge in [0.05, 0.1) is 19.3 Å². The topological polar surface area (TPSA) is 43.0 Å². The lowest BCUT2D eigenvalue weighted by atomic mass is 10.2. The molecule has 2 aliphatic rings. The van der Waals surface area contributed by atoms with Crippen LogP contribution in [0.15, 0.2) is 0 Å². The fourth-order valence-electron chi connectivity index (χ4n) is 2.49. The molecule has 0 aromatic carbocycles. The number of nitrogens with zero attached hydrogens (tertiary/aromatic N) is 1. The quantitative estimate of drug-likeness (QED) is 0.749. The molecule has 2 heterocycles. The first-order valence-corrected chi connectivity index (χ1v) is 7.10. The first-order chi connectivity index (χ1) is 8.88. The molecule has 0 radical (unpaired) electrons. The molecule has 106 valence electrons. The highest BCUT2D eigenvalue weighted by Gasteiger charge is 2.20. The second kappa shape index (κ2) is 8.07. The van der Waals surface area contributed by atoms with Gasteiger partial charge in [0.1, 0.15) is 0 Å². The van der Waals surface area contributed by atoms with E-state index in [2.05, 4.69) is 10.2 Å². The molecule has 0 aromatic rings. The van der Waals surface area contributed by atoms with Crippen molar-refractivity contribution in [2.75, 3.05) is 53.0 Å². The van der Waals surface area contributed by atoms with Gasteiger partial charge >= 0.3 is 0 Å². The Morgan fingerprint density at radius 2 is 2.22 bits per heavy atom. The monoisotopic (exact) mass is 258 g/mol. The molecule has 2 saturated heterocycles. The normalized spacial score (nSPS) is 30.5. The van der Waals surface area contributed by atoms with Crippen molar-refractivity contribution in [1.82, 2.24) is 10.2 Å². The van der Waals surface area contributed by atoms with Crippen molar-refractivity contribution >= 4 is 0 Å². The lowest BCUT2D eigenvalue weighted by Gasteiger charge is -2.33. The van der Waals surface area contributed by atoms with Crippen LogP contribution in [-0.2, 0) is 14.2 Å². The number of hydrogen-bond acceptors (Lipinski definition) is 5. The van der Waals surface area contributed by atoms with Gasteiger partial charge in [0, 0.05) is 32.8 Å². The summed E-state index contributed by atoms with van der Waals surface area (Å²) in [6, 6.07) is 0. The number of morpholine rings is 1. The van der Waals surface area contributed by atoms with Crippen molar-refractivity contribution in [1.29, 1.82) is 0 Å². The maximum absolute atomic E-state index is 5.76. The smallest absolute Gasteiger partial charge is 0.157 e. The molecule has 0 bridgehead atoms. The van der Waals surface area contributed by atoms with Crippen molar-refractivity contribution in [3.05, 3.63) is 0 Å². The summed E-state index contributed by atoms with van der Waals surface area (Å²) in [5.41, 5.74) is 0. The molecule has 2 unspecified atom stereocenters. The van der Waals surface area contributed by atoms with Crippen LogP contribution in [0.4, 0.5) is 0 Å². The van der Waals surface area contributed by atoms with E-state index in [1.807, 2.05) is 7.05 Å².